The standard InChI is InChI=1S/C7H16O3/c1-5-9-7(3,8-4)10-6-2/h5-6H2,1-4H3. The average Bonchev–Trinajstić information content (AvgIpc) is 1.89. The van der Waals surface area contributed by atoms with Gasteiger partial charge >= 0.3 is 0 Å². The van der Waals surface area contributed by atoms with E-state index in [0.717, 1.165) is 0 Å². The zero-order valence-corrected chi connectivity index (χ0v) is 7.14. The lowest BCUT2D eigenvalue weighted by atomic mass is 10.6. The van der Waals surface area contributed by atoms with Crippen molar-refractivity contribution in [2.75, 3.05) is 20.3 Å². The van der Waals surface area contributed by atoms with Gasteiger partial charge in [-0.25, -0.2) is 0 Å². The molecule has 0 saturated carbocycles. The zero-order chi connectivity index (χ0) is 8.04. The SMILES string of the molecule is CCOC(C)(OC)OCC. The summed E-state index contributed by atoms with van der Waals surface area (Å²) in [5.74, 6) is -0.858. The van der Waals surface area contributed by atoms with Crippen molar-refractivity contribution in [3.63, 3.8) is 0 Å². The molecule has 0 radical (unpaired) electrons. The van der Waals surface area contributed by atoms with Crippen LogP contribution in [-0.2, 0) is 14.2 Å². The maximum absolute atomic E-state index is 5.17. The molecule has 0 aromatic carbocycles. The van der Waals surface area contributed by atoms with Crippen LogP contribution in [0.25, 0.3) is 0 Å². The molecular formula is C7H16O3. The van der Waals surface area contributed by atoms with Gasteiger partial charge in [-0.15, -0.1) is 0 Å². The van der Waals surface area contributed by atoms with E-state index in [9.17, 15) is 0 Å². The topological polar surface area (TPSA) is 27.7 Å². The lowest BCUT2D eigenvalue weighted by molar-refractivity contribution is -0.357. The van der Waals surface area contributed by atoms with Crippen LogP contribution in [0.2, 0.25) is 0 Å². The fourth-order valence-corrected chi connectivity index (χ4v) is 0.684. The van der Waals surface area contributed by atoms with E-state index >= 15 is 0 Å². The predicted octanol–water partition coefficient (Wildman–Crippen LogP) is 1.38. The number of ether oxygens (including phenoxy) is 3. The van der Waals surface area contributed by atoms with Crippen LogP contribution >= 0.6 is 0 Å². The van der Waals surface area contributed by atoms with Crippen LogP contribution in [0, 0.1) is 0 Å². The van der Waals surface area contributed by atoms with Gasteiger partial charge in [-0.2, -0.15) is 0 Å². The highest BCUT2D eigenvalue weighted by atomic mass is 16.9. The van der Waals surface area contributed by atoms with Crippen molar-refractivity contribution in [1.82, 2.24) is 0 Å². The highest BCUT2D eigenvalue weighted by molar-refractivity contribution is 4.43. The van der Waals surface area contributed by atoms with E-state index in [4.69, 9.17) is 14.2 Å². The highest BCUT2D eigenvalue weighted by Gasteiger charge is 2.23. The van der Waals surface area contributed by atoms with E-state index in [2.05, 4.69) is 0 Å². The Bertz CT molecular complexity index is 76.9. The van der Waals surface area contributed by atoms with Gasteiger partial charge in [-0.05, 0) is 13.8 Å². The smallest absolute Gasteiger partial charge is 0.279 e. The second-order valence-corrected chi connectivity index (χ2v) is 1.93. The second-order valence-electron chi connectivity index (χ2n) is 1.93. The molecule has 0 aliphatic rings. The number of hydrogen-bond donors (Lipinski definition) is 0. The quantitative estimate of drug-likeness (QED) is 0.551. The lowest BCUT2D eigenvalue weighted by Gasteiger charge is -2.26. The molecule has 0 atom stereocenters. The Kier molecular flexibility index (Phi) is 4.60. The van der Waals surface area contributed by atoms with Crippen LogP contribution in [-0.4, -0.2) is 26.3 Å². The summed E-state index contributed by atoms with van der Waals surface area (Å²) in [7, 11) is 1.56. The molecule has 0 fully saturated rings. The molecule has 0 rings (SSSR count). The average molecular weight is 148 g/mol. The molecule has 0 aromatic heterocycles. The third kappa shape index (κ3) is 3.15. The molecule has 0 saturated heterocycles. The maximum Gasteiger partial charge on any atom is 0.279 e. The van der Waals surface area contributed by atoms with Gasteiger partial charge in [0.05, 0.1) is 0 Å². The van der Waals surface area contributed by atoms with Crippen LogP contribution in [0.3, 0.4) is 0 Å². The van der Waals surface area contributed by atoms with Crippen molar-refractivity contribution in [3.05, 3.63) is 0 Å². The van der Waals surface area contributed by atoms with Gasteiger partial charge < -0.3 is 14.2 Å². The first-order valence-electron chi connectivity index (χ1n) is 3.51. The molecule has 10 heavy (non-hydrogen) atoms. The van der Waals surface area contributed by atoms with Crippen LogP contribution in [0.4, 0.5) is 0 Å². The van der Waals surface area contributed by atoms with E-state index in [1.807, 2.05) is 13.8 Å². The van der Waals surface area contributed by atoms with Crippen molar-refractivity contribution >= 4 is 0 Å². The minimum Gasteiger partial charge on any atom is -0.331 e. The molecule has 0 spiro atoms. The fourth-order valence-electron chi connectivity index (χ4n) is 0.684. The fraction of sp³-hybridized carbons (Fsp3) is 1.00. The van der Waals surface area contributed by atoms with Gasteiger partial charge in [0, 0.05) is 27.2 Å². The Balaban J connectivity index is 3.69. The lowest BCUT2D eigenvalue weighted by Crippen LogP contribution is -2.34. The molecular weight excluding hydrogens is 132 g/mol. The van der Waals surface area contributed by atoms with Crippen LogP contribution in [0.1, 0.15) is 20.8 Å². The molecule has 0 aliphatic heterocycles. The van der Waals surface area contributed by atoms with Crippen molar-refractivity contribution in [2.45, 2.75) is 26.7 Å². The van der Waals surface area contributed by atoms with Crippen LogP contribution in [0.5, 0.6) is 0 Å². The van der Waals surface area contributed by atoms with E-state index in [0.29, 0.717) is 13.2 Å². The monoisotopic (exact) mass is 148 g/mol. The summed E-state index contributed by atoms with van der Waals surface area (Å²) >= 11 is 0. The molecule has 0 bridgehead atoms. The number of hydrogen-bond acceptors (Lipinski definition) is 3. The normalized spacial score (nSPS) is 12.0. The third-order valence-electron chi connectivity index (χ3n) is 1.18. The molecule has 62 valence electrons. The van der Waals surface area contributed by atoms with Gasteiger partial charge in [0.1, 0.15) is 0 Å². The van der Waals surface area contributed by atoms with Crippen molar-refractivity contribution < 1.29 is 14.2 Å². The molecule has 0 amide bonds. The Morgan fingerprint density at radius 1 is 1.10 bits per heavy atom. The molecule has 0 heterocycles. The first kappa shape index (κ1) is 9.88. The van der Waals surface area contributed by atoms with Gasteiger partial charge in [-0.1, -0.05) is 0 Å². The number of methoxy groups -OCH3 is 1. The molecule has 0 aliphatic carbocycles. The van der Waals surface area contributed by atoms with Gasteiger partial charge in [0.15, 0.2) is 0 Å². The summed E-state index contributed by atoms with van der Waals surface area (Å²) < 4.78 is 15.3. The first-order valence-corrected chi connectivity index (χ1v) is 3.51. The van der Waals surface area contributed by atoms with E-state index < -0.39 is 5.97 Å². The van der Waals surface area contributed by atoms with Crippen LogP contribution < -0.4 is 0 Å². The summed E-state index contributed by atoms with van der Waals surface area (Å²) in [6.07, 6.45) is 0. The Morgan fingerprint density at radius 3 is 1.70 bits per heavy atom. The zero-order valence-electron chi connectivity index (χ0n) is 7.14. The second kappa shape index (κ2) is 4.66. The Labute approximate surface area is 62.3 Å². The summed E-state index contributed by atoms with van der Waals surface area (Å²) in [6.45, 7) is 6.72. The van der Waals surface area contributed by atoms with Gasteiger partial charge in [-0.3, -0.25) is 0 Å². The Hall–Kier alpha value is -0.120. The summed E-state index contributed by atoms with van der Waals surface area (Å²) in [5.41, 5.74) is 0. The first-order chi connectivity index (χ1) is 4.68. The predicted molar refractivity (Wildman–Crippen MR) is 38.7 cm³/mol. The van der Waals surface area contributed by atoms with Crippen LogP contribution in [0.15, 0.2) is 0 Å². The van der Waals surface area contributed by atoms with Crippen molar-refractivity contribution in [1.29, 1.82) is 0 Å². The summed E-state index contributed by atoms with van der Waals surface area (Å²) in [5, 5.41) is 0. The minimum absolute atomic E-state index is 0.588. The van der Waals surface area contributed by atoms with E-state index in [1.165, 1.54) is 0 Å². The third-order valence-corrected chi connectivity index (χ3v) is 1.18. The van der Waals surface area contributed by atoms with E-state index in [-0.39, 0.29) is 0 Å². The molecule has 3 heteroatoms. The van der Waals surface area contributed by atoms with Gasteiger partial charge in [0.25, 0.3) is 5.97 Å². The van der Waals surface area contributed by atoms with Crippen molar-refractivity contribution in [2.24, 2.45) is 0 Å². The molecule has 0 aromatic rings. The summed E-state index contributed by atoms with van der Waals surface area (Å²) in [6, 6.07) is 0. The van der Waals surface area contributed by atoms with Crippen molar-refractivity contribution in [3.8, 4) is 0 Å². The molecule has 0 N–H and O–H groups in total. The molecule has 0 unspecified atom stereocenters. The van der Waals surface area contributed by atoms with E-state index in [1.54, 1.807) is 14.0 Å². The highest BCUT2D eigenvalue weighted by Crippen LogP contribution is 2.11. The Morgan fingerprint density at radius 2 is 1.50 bits per heavy atom. The summed E-state index contributed by atoms with van der Waals surface area (Å²) in [4.78, 5) is 0. The maximum atomic E-state index is 5.17. The number of rotatable bonds is 5. The van der Waals surface area contributed by atoms with Gasteiger partial charge in [0.2, 0.25) is 0 Å². The molecule has 3 nitrogen and oxygen atoms in total. The minimum atomic E-state index is -0.858. The largest absolute Gasteiger partial charge is 0.331 e.